The van der Waals surface area contributed by atoms with E-state index >= 15 is 0 Å². The van der Waals surface area contributed by atoms with Crippen molar-refractivity contribution in [3.8, 4) is 0 Å². The highest BCUT2D eigenvalue weighted by atomic mass is 79.9. The summed E-state index contributed by atoms with van der Waals surface area (Å²) >= 11 is 3.50. The van der Waals surface area contributed by atoms with Gasteiger partial charge in [0.1, 0.15) is 0 Å². The number of halogens is 1. The SMILES string of the molecule is CCNCC(Cc1ccc(Br)cc1)C[Si](C)(C)C. The molecule has 0 aliphatic carbocycles. The lowest BCUT2D eigenvalue weighted by atomic mass is 10.0. The van der Waals surface area contributed by atoms with E-state index < -0.39 is 8.07 Å². The minimum Gasteiger partial charge on any atom is -0.317 e. The van der Waals surface area contributed by atoms with Crippen molar-refractivity contribution in [2.24, 2.45) is 5.92 Å². The zero-order chi connectivity index (χ0) is 13.6. The normalized spacial score (nSPS) is 13.6. The van der Waals surface area contributed by atoms with Gasteiger partial charge in [-0.15, -0.1) is 0 Å². The highest BCUT2D eigenvalue weighted by Crippen LogP contribution is 2.21. The third-order valence-corrected chi connectivity index (χ3v) is 5.35. The van der Waals surface area contributed by atoms with Crippen molar-refractivity contribution >= 4 is 24.0 Å². The Labute approximate surface area is 122 Å². The van der Waals surface area contributed by atoms with E-state index in [1.54, 1.807) is 0 Å². The average Bonchev–Trinajstić information content (AvgIpc) is 2.27. The minimum atomic E-state index is -0.984. The molecule has 3 heteroatoms. The van der Waals surface area contributed by atoms with Gasteiger partial charge in [-0.2, -0.15) is 0 Å². The van der Waals surface area contributed by atoms with Crippen molar-refractivity contribution in [1.82, 2.24) is 5.32 Å². The van der Waals surface area contributed by atoms with Gasteiger partial charge in [-0.05, 0) is 43.1 Å². The molecule has 0 spiro atoms. The molecule has 1 rings (SSSR count). The van der Waals surface area contributed by atoms with Crippen molar-refractivity contribution in [3.63, 3.8) is 0 Å². The molecule has 1 unspecified atom stereocenters. The largest absolute Gasteiger partial charge is 0.317 e. The van der Waals surface area contributed by atoms with Crippen LogP contribution in [-0.4, -0.2) is 21.2 Å². The van der Waals surface area contributed by atoms with Crippen LogP contribution in [-0.2, 0) is 6.42 Å². The molecule has 0 aromatic heterocycles. The summed E-state index contributed by atoms with van der Waals surface area (Å²) in [6.07, 6.45) is 1.20. The fourth-order valence-corrected chi connectivity index (χ4v) is 4.67. The van der Waals surface area contributed by atoms with Crippen molar-refractivity contribution in [2.75, 3.05) is 13.1 Å². The molecular weight excluding hydrogens is 302 g/mol. The molecule has 1 N–H and O–H groups in total. The van der Waals surface area contributed by atoms with Gasteiger partial charge in [0.25, 0.3) is 0 Å². The Kier molecular flexibility index (Phi) is 6.61. The lowest BCUT2D eigenvalue weighted by Crippen LogP contribution is -2.31. The molecule has 0 radical (unpaired) electrons. The Morgan fingerprint density at radius 2 is 1.78 bits per heavy atom. The molecule has 0 bridgehead atoms. The van der Waals surface area contributed by atoms with Crippen LogP contribution >= 0.6 is 15.9 Å². The van der Waals surface area contributed by atoms with E-state index in [9.17, 15) is 0 Å². The lowest BCUT2D eigenvalue weighted by molar-refractivity contribution is 0.515. The second kappa shape index (κ2) is 7.46. The number of rotatable bonds is 7. The second-order valence-corrected chi connectivity index (χ2v) is 12.7. The molecule has 0 aliphatic heterocycles. The first-order chi connectivity index (χ1) is 8.40. The minimum absolute atomic E-state index is 0.776. The van der Waals surface area contributed by atoms with E-state index in [1.165, 1.54) is 22.5 Å². The Hall–Kier alpha value is -0.123. The van der Waals surface area contributed by atoms with E-state index in [-0.39, 0.29) is 0 Å². The van der Waals surface area contributed by atoms with Gasteiger partial charge in [0.05, 0.1) is 0 Å². The topological polar surface area (TPSA) is 12.0 Å². The van der Waals surface area contributed by atoms with Crippen molar-refractivity contribution in [1.29, 1.82) is 0 Å². The standard InChI is InChI=1S/C15H26BrNSi/c1-5-17-11-14(12-18(2,3)4)10-13-6-8-15(16)9-7-13/h6-9,14,17H,5,10-12H2,1-4H3. The maximum absolute atomic E-state index is 3.52. The van der Waals surface area contributed by atoms with Crippen LogP contribution in [0.4, 0.5) is 0 Å². The molecule has 1 atom stereocenters. The van der Waals surface area contributed by atoms with Gasteiger partial charge in [-0.25, -0.2) is 0 Å². The average molecular weight is 328 g/mol. The molecule has 0 aliphatic rings. The number of hydrogen-bond donors (Lipinski definition) is 1. The Balaban J connectivity index is 2.62. The van der Waals surface area contributed by atoms with Gasteiger partial charge in [-0.1, -0.05) is 60.7 Å². The fraction of sp³-hybridized carbons (Fsp3) is 0.600. The number of benzene rings is 1. The summed E-state index contributed by atoms with van der Waals surface area (Å²) < 4.78 is 1.17. The third-order valence-electron chi connectivity index (χ3n) is 3.02. The summed E-state index contributed by atoms with van der Waals surface area (Å²) in [4.78, 5) is 0. The molecule has 102 valence electrons. The highest BCUT2D eigenvalue weighted by molar-refractivity contribution is 9.10. The zero-order valence-corrected chi connectivity index (χ0v) is 14.7. The Bertz CT molecular complexity index is 343. The van der Waals surface area contributed by atoms with E-state index in [2.05, 4.69) is 72.1 Å². The summed E-state index contributed by atoms with van der Waals surface area (Å²) in [6, 6.07) is 10.2. The number of nitrogens with one attached hydrogen (secondary N) is 1. The van der Waals surface area contributed by atoms with Crippen LogP contribution in [0.2, 0.25) is 25.7 Å². The summed E-state index contributed by atoms with van der Waals surface area (Å²) in [5.41, 5.74) is 1.46. The molecule has 18 heavy (non-hydrogen) atoms. The predicted molar refractivity (Wildman–Crippen MR) is 88.0 cm³/mol. The Morgan fingerprint density at radius 3 is 2.28 bits per heavy atom. The second-order valence-electron chi connectivity index (χ2n) is 6.27. The maximum Gasteiger partial charge on any atom is 0.0446 e. The lowest BCUT2D eigenvalue weighted by Gasteiger charge is -2.25. The molecule has 0 amide bonds. The maximum atomic E-state index is 3.52. The summed E-state index contributed by atoms with van der Waals surface area (Å²) in [5, 5.41) is 3.52. The number of hydrogen-bond acceptors (Lipinski definition) is 1. The third kappa shape index (κ3) is 6.71. The van der Waals surface area contributed by atoms with Crippen LogP contribution in [0.1, 0.15) is 12.5 Å². The molecular formula is C15H26BrNSi. The molecule has 0 heterocycles. The molecule has 1 aromatic rings. The summed E-state index contributed by atoms with van der Waals surface area (Å²) in [6.45, 7) is 11.8. The molecule has 0 saturated carbocycles. The van der Waals surface area contributed by atoms with Gasteiger partial charge in [0.2, 0.25) is 0 Å². The molecule has 0 saturated heterocycles. The highest BCUT2D eigenvalue weighted by Gasteiger charge is 2.20. The van der Waals surface area contributed by atoms with Gasteiger partial charge in [0, 0.05) is 12.5 Å². The van der Waals surface area contributed by atoms with Crippen LogP contribution in [0.3, 0.4) is 0 Å². The van der Waals surface area contributed by atoms with E-state index in [4.69, 9.17) is 0 Å². The summed E-state index contributed by atoms with van der Waals surface area (Å²) in [7, 11) is -0.984. The molecule has 0 fully saturated rings. The van der Waals surface area contributed by atoms with Gasteiger partial charge in [0.15, 0.2) is 0 Å². The fourth-order valence-electron chi connectivity index (χ4n) is 2.38. The summed E-state index contributed by atoms with van der Waals surface area (Å²) in [5.74, 6) is 0.776. The van der Waals surface area contributed by atoms with Crippen LogP contribution < -0.4 is 5.32 Å². The molecule has 1 nitrogen and oxygen atoms in total. The first kappa shape index (κ1) is 15.9. The van der Waals surface area contributed by atoms with Gasteiger partial charge < -0.3 is 5.32 Å². The Morgan fingerprint density at radius 1 is 1.17 bits per heavy atom. The first-order valence-corrected chi connectivity index (χ1v) is 11.4. The van der Waals surface area contributed by atoms with E-state index in [0.717, 1.165) is 19.0 Å². The monoisotopic (exact) mass is 327 g/mol. The first-order valence-electron chi connectivity index (χ1n) is 6.86. The van der Waals surface area contributed by atoms with Crippen LogP contribution in [0.25, 0.3) is 0 Å². The smallest absolute Gasteiger partial charge is 0.0446 e. The van der Waals surface area contributed by atoms with Gasteiger partial charge >= 0.3 is 0 Å². The van der Waals surface area contributed by atoms with Crippen LogP contribution in [0, 0.1) is 5.92 Å². The predicted octanol–water partition coefficient (Wildman–Crippen LogP) is 4.56. The van der Waals surface area contributed by atoms with Crippen molar-refractivity contribution in [3.05, 3.63) is 34.3 Å². The quantitative estimate of drug-likeness (QED) is 0.724. The van der Waals surface area contributed by atoms with Crippen molar-refractivity contribution in [2.45, 2.75) is 39.0 Å². The van der Waals surface area contributed by atoms with E-state index in [0.29, 0.717) is 0 Å². The van der Waals surface area contributed by atoms with Crippen LogP contribution in [0.5, 0.6) is 0 Å². The van der Waals surface area contributed by atoms with E-state index in [1.807, 2.05) is 0 Å². The molecule has 1 aromatic carbocycles. The van der Waals surface area contributed by atoms with Crippen molar-refractivity contribution < 1.29 is 0 Å². The van der Waals surface area contributed by atoms with Crippen LogP contribution in [0.15, 0.2) is 28.7 Å². The van der Waals surface area contributed by atoms with Gasteiger partial charge in [-0.3, -0.25) is 0 Å². The zero-order valence-electron chi connectivity index (χ0n) is 12.1.